The molecule has 4 nitrogen and oxygen atoms in total. The lowest BCUT2D eigenvalue weighted by atomic mass is 9.86. The first-order chi connectivity index (χ1) is 10.2. The van der Waals surface area contributed by atoms with Gasteiger partial charge in [-0.15, -0.1) is 0 Å². The summed E-state index contributed by atoms with van der Waals surface area (Å²) in [5.74, 6) is -0.444. The molecule has 0 spiro atoms. The third kappa shape index (κ3) is 6.29. The zero-order chi connectivity index (χ0) is 16.8. The Balaban J connectivity index is 2.54. The van der Waals surface area contributed by atoms with Gasteiger partial charge in [-0.25, -0.2) is 9.59 Å². The average molecular weight is 306 g/mol. The van der Waals surface area contributed by atoms with Gasteiger partial charge in [-0.2, -0.15) is 0 Å². The molecule has 1 rings (SSSR count). The maximum absolute atomic E-state index is 12.0. The van der Waals surface area contributed by atoms with Crippen molar-refractivity contribution in [1.82, 2.24) is 0 Å². The molecule has 0 aromatic heterocycles. The van der Waals surface area contributed by atoms with Gasteiger partial charge < -0.3 is 9.47 Å². The van der Waals surface area contributed by atoms with E-state index in [0.29, 0.717) is 30.3 Å². The predicted octanol–water partition coefficient (Wildman–Crippen LogP) is 4.09. The van der Waals surface area contributed by atoms with E-state index in [1.807, 2.05) is 0 Å². The normalized spacial score (nSPS) is 12.6. The summed E-state index contributed by atoms with van der Waals surface area (Å²) in [6.07, 6.45) is 0.988. The molecule has 1 unspecified atom stereocenters. The quantitative estimate of drug-likeness (QED) is 0.743. The summed E-state index contributed by atoms with van der Waals surface area (Å²) < 4.78 is 10.2. The van der Waals surface area contributed by atoms with Gasteiger partial charge in [-0.1, -0.05) is 27.7 Å². The molecule has 0 aliphatic carbocycles. The Labute approximate surface area is 132 Å². The lowest BCUT2D eigenvalue weighted by molar-refractivity contribution is 0.0419. The molecule has 0 bridgehead atoms. The number of hydrogen-bond acceptors (Lipinski definition) is 4. The monoisotopic (exact) mass is 306 g/mol. The van der Waals surface area contributed by atoms with E-state index in [-0.39, 0.29) is 17.4 Å². The lowest BCUT2D eigenvalue weighted by Gasteiger charge is -2.22. The van der Waals surface area contributed by atoms with Crippen molar-refractivity contribution in [1.29, 1.82) is 0 Å². The molecule has 0 amide bonds. The van der Waals surface area contributed by atoms with E-state index < -0.39 is 0 Å². The number of carbonyl (C=O) groups is 2. The van der Waals surface area contributed by atoms with Crippen molar-refractivity contribution in [3.05, 3.63) is 35.4 Å². The number of carbonyl (C=O) groups excluding carboxylic acids is 2. The maximum atomic E-state index is 12.0. The first-order valence-electron chi connectivity index (χ1n) is 7.67. The van der Waals surface area contributed by atoms with Crippen LogP contribution in [-0.2, 0) is 9.47 Å². The third-order valence-corrected chi connectivity index (χ3v) is 3.09. The van der Waals surface area contributed by atoms with Gasteiger partial charge in [0.25, 0.3) is 0 Å². The first-order valence-corrected chi connectivity index (χ1v) is 7.67. The Hall–Kier alpha value is -1.84. The second kappa shape index (κ2) is 7.97. The van der Waals surface area contributed by atoms with Crippen LogP contribution in [0.15, 0.2) is 24.3 Å². The molecule has 0 saturated heterocycles. The fourth-order valence-electron chi connectivity index (χ4n) is 2.36. The van der Waals surface area contributed by atoms with E-state index in [0.717, 1.165) is 6.42 Å². The SMILES string of the molecule is CCOC(=O)c1ccc(C(=O)OCC(C)CC(C)(C)C)cc1. The molecule has 0 aliphatic heterocycles. The second-order valence-corrected chi connectivity index (χ2v) is 6.77. The Morgan fingerprint density at radius 3 is 1.86 bits per heavy atom. The second-order valence-electron chi connectivity index (χ2n) is 6.77. The van der Waals surface area contributed by atoms with Gasteiger partial charge in [0.2, 0.25) is 0 Å². The van der Waals surface area contributed by atoms with Crippen molar-refractivity contribution in [2.45, 2.75) is 41.0 Å². The van der Waals surface area contributed by atoms with Crippen LogP contribution in [0, 0.1) is 11.3 Å². The maximum Gasteiger partial charge on any atom is 0.338 e. The molecule has 0 fully saturated rings. The Bertz CT molecular complexity index is 497. The van der Waals surface area contributed by atoms with E-state index >= 15 is 0 Å². The molecular weight excluding hydrogens is 280 g/mol. The molecule has 0 heterocycles. The molecule has 0 saturated carbocycles. The lowest BCUT2D eigenvalue weighted by Crippen LogP contribution is -2.18. The standard InChI is InChI=1S/C18H26O4/c1-6-21-16(19)14-7-9-15(10-8-14)17(20)22-12-13(2)11-18(3,4)5/h7-10,13H,6,11-12H2,1-5H3. The minimum atomic E-state index is -0.388. The fraction of sp³-hybridized carbons (Fsp3) is 0.556. The van der Waals surface area contributed by atoms with Crippen molar-refractivity contribution >= 4 is 11.9 Å². The molecule has 4 heteroatoms. The number of esters is 2. The summed E-state index contributed by atoms with van der Waals surface area (Å²) in [5.41, 5.74) is 1.09. The van der Waals surface area contributed by atoms with E-state index in [4.69, 9.17) is 9.47 Å². The summed E-state index contributed by atoms with van der Waals surface area (Å²) in [4.78, 5) is 23.5. The van der Waals surface area contributed by atoms with Crippen molar-refractivity contribution in [2.24, 2.45) is 11.3 Å². The van der Waals surface area contributed by atoms with Crippen molar-refractivity contribution in [3.8, 4) is 0 Å². The smallest absolute Gasteiger partial charge is 0.338 e. The summed E-state index contributed by atoms with van der Waals surface area (Å²) in [7, 11) is 0. The Kier molecular flexibility index (Phi) is 6.60. The van der Waals surface area contributed by atoms with Gasteiger partial charge in [0.15, 0.2) is 0 Å². The molecule has 1 atom stereocenters. The number of hydrogen-bond donors (Lipinski definition) is 0. The summed E-state index contributed by atoms with van der Waals surface area (Å²) in [6.45, 7) is 11.0. The highest BCUT2D eigenvalue weighted by Gasteiger charge is 2.17. The van der Waals surface area contributed by atoms with Gasteiger partial charge in [-0.3, -0.25) is 0 Å². The van der Waals surface area contributed by atoms with Gasteiger partial charge in [-0.05, 0) is 48.9 Å². The summed E-state index contributed by atoms with van der Waals surface area (Å²) in [5, 5.41) is 0. The summed E-state index contributed by atoms with van der Waals surface area (Å²) in [6, 6.07) is 6.33. The molecule has 22 heavy (non-hydrogen) atoms. The van der Waals surface area contributed by atoms with Crippen molar-refractivity contribution < 1.29 is 19.1 Å². The van der Waals surface area contributed by atoms with E-state index in [1.165, 1.54) is 0 Å². The zero-order valence-corrected chi connectivity index (χ0v) is 14.1. The molecule has 0 N–H and O–H groups in total. The highest BCUT2D eigenvalue weighted by atomic mass is 16.5. The van der Waals surface area contributed by atoms with Crippen LogP contribution in [0.25, 0.3) is 0 Å². The van der Waals surface area contributed by atoms with Crippen LogP contribution >= 0.6 is 0 Å². The Morgan fingerprint density at radius 2 is 1.45 bits per heavy atom. The van der Waals surface area contributed by atoms with E-state index in [1.54, 1.807) is 31.2 Å². The highest BCUT2D eigenvalue weighted by Crippen LogP contribution is 2.24. The van der Waals surface area contributed by atoms with Crippen LogP contribution in [0.5, 0.6) is 0 Å². The van der Waals surface area contributed by atoms with E-state index in [2.05, 4.69) is 27.7 Å². The molecule has 122 valence electrons. The van der Waals surface area contributed by atoms with Gasteiger partial charge in [0.1, 0.15) is 0 Å². The van der Waals surface area contributed by atoms with Crippen molar-refractivity contribution in [3.63, 3.8) is 0 Å². The van der Waals surface area contributed by atoms with Crippen LogP contribution < -0.4 is 0 Å². The molecule has 0 radical (unpaired) electrons. The van der Waals surface area contributed by atoms with Gasteiger partial charge in [0, 0.05) is 0 Å². The van der Waals surface area contributed by atoms with Crippen LogP contribution in [0.4, 0.5) is 0 Å². The number of ether oxygens (including phenoxy) is 2. The largest absolute Gasteiger partial charge is 0.462 e. The van der Waals surface area contributed by atoms with Crippen LogP contribution in [0.1, 0.15) is 61.8 Å². The molecular formula is C18H26O4. The van der Waals surface area contributed by atoms with Gasteiger partial charge in [0.05, 0.1) is 24.3 Å². The van der Waals surface area contributed by atoms with Crippen LogP contribution in [0.3, 0.4) is 0 Å². The first kappa shape index (κ1) is 18.2. The highest BCUT2D eigenvalue weighted by molar-refractivity contribution is 5.93. The van der Waals surface area contributed by atoms with Crippen molar-refractivity contribution in [2.75, 3.05) is 13.2 Å². The zero-order valence-electron chi connectivity index (χ0n) is 14.1. The van der Waals surface area contributed by atoms with Crippen LogP contribution in [-0.4, -0.2) is 25.2 Å². The molecule has 0 aliphatic rings. The summed E-state index contributed by atoms with van der Waals surface area (Å²) >= 11 is 0. The average Bonchev–Trinajstić information content (AvgIpc) is 2.43. The predicted molar refractivity (Wildman–Crippen MR) is 85.9 cm³/mol. The minimum absolute atomic E-state index is 0.215. The van der Waals surface area contributed by atoms with E-state index in [9.17, 15) is 9.59 Å². The molecule has 1 aromatic carbocycles. The molecule has 1 aromatic rings. The number of benzene rings is 1. The number of rotatable bonds is 6. The van der Waals surface area contributed by atoms with Gasteiger partial charge >= 0.3 is 11.9 Å². The topological polar surface area (TPSA) is 52.6 Å². The Morgan fingerprint density at radius 1 is 1.00 bits per heavy atom. The minimum Gasteiger partial charge on any atom is -0.462 e. The third-order valence-electron chi connectivity index (χ3n) is 3.09. The fourth-order valence-corrected chi connectivity index (χ4v) is 2.36. The van der Waals surface area contributed by atoms with Crippen LogP contribution in [0.2, 0.25) is 0 Å².